The van der Waals surface area contributed by atoms with E-state index in [1.54, 1.807) is 23.1 Å². The van der Waals surface area contributed by atoms with E-state index < -0.39 is 11.9 Å². The Kier molecular flexibility index (Phi) is 5.59. The molecule has 2 aromatic heterocycles. The topological polar surface area (TPSA) is 72.2 Å². The molecule has 5 rings (SSSR count). The molecular weight excluding hydrogens is 451 g/mol. The molecule has 8 nitrogen and oxygen atoms in total. The van der Waals surface area contributed by atoms with E-state index in [9.17, 15) is 18.0 Å². The van der Waals surface area contributed by atoms with E-state index in [1.807, 2.05) is 0 Å². The number of carbonyl (C=O) groups is 1. The standard InChI is InChI=1S/C23H24F3N5O3/c1-33-18-6-5-14(10-19(18)34-2)16-11-20(23(24,25)26)31-21(27-16)12-17(28-31)22(32)30-9-8-29-7-3-4-15(29)13-30/h5-6,10-12,15H,3-4,7-9,13H2,1-2H3/t15-/m0/s1. The SMILES string of the molecule is COc1ccc(-c2cc(C(F)(F)F)n3nc(C(=O)N4CCN5CCC[C@H]5C4)cc3n2)cc1OC. The van der Waals surface area contributed by atoms with Crippen molar-refractivity contribution in [1.29, 1.82) is 0 Å². The number of rotatable bonds is 4. The highest BCUT2D eigenvalue weighted by Crippen LogP contribution is 2.35. The molecule has 180 valence electrons. The zero-order valence-electron chi connectivity index (χ0n) is 18.8. The Hall–Kier alpha value is -3.34. The fourth-order valence-corrected chi connectivity index (χ4v) is 4.76. The Morgan fingerprint density at radius 1 is 1.06 bits per heavy atom. The van der Waals surface area contributed by atoms with Crippen LogP contribution in [0.15, 0.2) is 30.3 Å². The summed E-state index contributed by atoms with van der Waals surface area (Å²) in [5.41, 5.74) is -0.616. The first-order valence-corrected chi connectivity index (χ1v) is 11.0. The van der Waals surface area contributed by atoms with Crippen LogP contribution in [0, 0.1) is 0 Å². The van der Waals surface area contributed by atoms with E-state index in [0.717, 1.165) is 32.0 Å². The van der Waals surface area contributed by atoms with Gasteiger partial charge in [0, 0.05) is 37.3 Å². The first-order chi connectivity index (χ1) is 16.3. The Morgan fingerprint density at radius 3 is 2.59 bits per heavy atom. The number of hydrogen-bond acceptors (Lipinski definition) is 6. The highest BCUT2D eigenvalue weighted by molar-refractivity contribution is 5.93. The Morgan fingerprint density at radius 2 is 1.85 bits per heavy atom. The van der Waals surface area contributed by atoms with Gasteiger partial charge in [0.15, 0.2) is 28.5 Å². The molecule has 0 spiro atoms. The van der Waals surface area contributed by atoms with Gasteiger partial charge in [-0.15, -0.1) is 0 Å². The van der Waals surface area contributed by atoms with Crippen molar-refractivity contribution in [1.82, 2.24) is 24.4 Å². The lowest BCUT2D eigenvalue weighted by atomic mass is 10.1. The monoisotopic (exact) mass is 475 g/mol. The number of fused-ring (bicyclic) bond motifs is 2. The molecule has 0 radical (unpaired) electrons. The second kappa shape index (κ2) is 8.46. The number of carbonyl (C=O) groups excluding carboxylic acids is 1. The molecule has 2 fully saturated rings. The highest BCUT2D eigenvalue weighted by Gasteiger charge is 2.37. The lowest BCUT2D eigenvalue weighted by molar-refractivity contribution is -0.142. The van der Waals surface area contributed by atoms with Crippen LogP contribution >= 0.6 is 0 Å². The van der Waals surface area contributed by atoms with Crippen LogP contribution in [0.25, 0.3) is 16.9 Å². The molecule has 2 saturated heterocycles. The number of aromatic nitrogens is 3. The average Bonchev–Trinajstić information content (AvgIpc) is 3.48. The lowest BCUT2D eigenvalue weighted by Gasteiger charge is -2.37. The van der Waals surface area contributed by atoms with Gasteiger partial charge in [-0.3, -0.25) is 9.69 Å². The number of ether oxygens (including phenoxy) is 2. The second-order valence-electron chi connectivity index (χ2n) is 8.48. The van der Waals surface area contributed by atoms with Gasteiger partial charge in [0.25, 0.3) is 5.91 Å². The van der Waals surface area contributed by atoms with Crippen molar-refractivity contribution in [2.24, 2.45) is 0 Å². The molecule has 34 heavy (non-hydrogen) atoms. The Bertz CT molecular complexity index is 1240. The third-order valence-corrected chi connectivity index (χ3v) is 6.49. The van der Waals surface area contributed by atoms with Crippen LogP contribution in [-0.2, 0) is 6.18 Å². The molecule has 0 saturated carbocycles. The zero-order chi connectivity index (χ0) is 24.0. The van der Waals surface area contributed by atoms with Crippen LogP contribution in [0.3, 0.4) is 0 Å². The summed E-state index contributed by atoms with van der Waals surface area (Å²) in [5, 5.41) is 4.02. The number of methoxy groups -OCH3 is 2. The maximum Gasteiger partial charge on any atom is 0.433 e. The molecular formula is C23H24F3N5O3. The van der Waals surface area contributed by atoms with Gasteiger partial charge in [0.1, 0.15) is 0 Å². The molecule has 1 atom stereocenters. The Labute approximate surface area is 193 Å². The molecule has 3 aromatic rings. The number of halogens is 3. The first kappa shape index (κ1) is 22.5. The third-order valence-electron chi connectivity index (χ3n) is 6.49. The van der Waals surface area contributed by atoms with Crippen LogP contribution < -0.4 is 9.47 Å². The van der Waals surface area contributed by atoms with E-state index in [-0.39, 0.29) is 22.9 Å². The van der Waals surface area contributed by atoms with Crippen molar-refractivity contribution in [3.63, 3.8) is 0 Å². The smallest absolute Gasteiger partial charge is 0.433 e. The second-order valence-corrected chi connectivity index (χ2v) is 8.48. The van der Waals surface area contributed by atoms with Gasteiger partial charge < -0.3 is 14.4 Å². The number of alkyl halides is 3. The van der Waals surface area contributed by atoms with Gasteiger partial charge in [-0.05, 0) is 43.7 Å². The normalized spacial score (nSPS) is 18.9. The lowest BCUT2D eigenvalue weighted by Crippen LogP contribution is -2.52. The number of amides is 1. The molecule has 0 bridgehead atoms. The minimum Gasteiger partial charge on any atom is -0.493 e. The van der Waals surface area contributed by atoms with Crippen molar-refractivity contribution in [3.8, 4) is 22.8 Å². The third kappa shape index (κ3) is 3.93. The largest absolute Gasteiger partial charge is 0.493 e. The minimum atomic E-state index is -4.70. The summed E-state index contributed by atoms with van der Waals surface area (Å²) >= 11 is 0. The summed E-state index contributed by atoms with van der Waals surface area (Å²) in [6, 6.07) is 7.30. The van der Waals surface area contributed by atoms with Crippen molar-refractivity contribution in [3.05, 3.63) is 41.7 Å². The Balaban J connectivity index is 1.54. The zero-order valence-corrected chi connectivity index (χ0v) is 18.8. The number of nitrogens with zero attached hydrogens (tertiary/aromatic N) is 5. The number of piperazine rings is 1. The molecule has 2 aliphatic rings. The summed E-state index contributed by atoms with van der Waals surface area (Å²) in [5.74, 6) is 0.437. The maximum absolute atomic E-state index is 14.0. The van der Waals surface area contributed by atoms with Crippen molar-refractivity contribution in [2.75, 3.05) is 40.4 Å². The summed E-state index contributed by atoms with van der Waals surface area (Å²) in [7, 11) is 2.92. The van der Waals surface area contributed by atoms with Crippen molar-refractivity contribution >= 4 is 11.6 Å². The van der Waals surface area contributed by atoms with Gasteiger partial charge in [-0.1, -0.05) is 0 Å². The van der Waals surface area contributed by atoms with E-state index in [2.05, 4.69) is 15.0 Å². The van der Waals surface area contributed by atoms with E-state index in [4.69, 9.17) is 9.47 Å². The van der Waals surface area contributed by atoms with Gasteiger partial charge in [0.2, 0.25) is 0 Å². The summed E-state index contributed by atoms with van der Waals surface area (Å²) in [4.78, 5) is 21.5. The summed E-state index contributed by atoms with van der Waals surface area (Å²) in [6.07, 6.45) is -2.59. The van der Waals surface area contributed by atoms with E-state index in [0.29, 0.717) is 40.7 Å². The fourth-order valence-electron chi connectivity index (χ4n) is 4.76. The number of benzene rings is 1. The first-order valence-electron chi connectivity index (χ1n) is 11.0. The van der Waals surface area contributed by atoms with Gasteiger partial charge >= 0.3 is 6.18 Å². The van der Waals surface area contributed by atoms with Crippen LogP contribution in [0.2, 0.25) is 0 Å². The fraction of sp³-hybridized carbons (Fsp3) is 0.435. The minimum absolute atomic E-state index is 0.0473. The molecule has 0 unspecified atom stereocenters. The predicted octanol–water partition coefficient (Wildman–Crippen LogP) is 3.35. The number of hydrogen-bond donors (Lipinski definition) is 0. The van der Waals surface area contributed by atoms with Gasteiger partial charge in [-0.2, -0.15) is 18.3 Å². The van der Waals surface area contributed by atoms with Crippen LogP contribution in [0.4, 0.5) is 13.2 Å². The molecule has 1 aromatic carbocycles. The van der Waals surface area contributed by atoms with Crippen molar-refractivity contribution in [2.45, 2.75) is 25.1 Å². The van der Waals surface area contributed by atoms with Crippen molar-refractivity contribution < 1.29 is 27.4 Å². The quantitative estimate of drug-likeness (QED) is 0.577. The molecule has 11 heteroatoms. The van der Waals surface area contributed by atoms with Crippen LogP contribution in [0.5, 0.6) is 11.5 Å². The molecule has 4 heterocycles. The van der Waals surface area contributed by atoms with Gasteiger partial charge in [-0.25, -0.2) is 9.50 Å². The summed E-state index contributed by atoms with van der Waals surface area (Å²) in [6.45, 7) is 2.88. The predicted molar refractivity (Wildman–Crippen MR) is 117 cm³/mol. The summed E-state index contributed by atoms with van der Waals surface area (Å²) < 4.78 is 53.0. The van der Waals surface area contributed by atoms with Crippen LogP contribution in [0.1, 0.15) is 29.0 Å². The van der Waals surface area contributed by atoms with E-state index in [1.165, 1.54) is 20.3 Å². The highest BCUT2D eigenvalue weighted by atomic mass is 19.4. The van der Waals surface area contributed by atoms with Gasteiger partial charge in [0.05, 0.1) is 19.9 Å². The molecule has 0 aliphatic carbocycles. The molecule has 0 N–H and O–H groups in total. The van der Waals surface area contributed by atoms with Crippen LogP contribution in [-0.4, -0.2) is 76.7 Å². The maximum atomic E-state index is 14.0. The average molecular weight is 475 g/mol. The molecule has 2 aliphatic heterocycles. The van der Waals surface area contributed by atoms with E-state index >= 15 is 0 Å². The molecule has 1 amide bonds.